The van der Waals surface area contributed by atoms with Crippen LogP contribution in [0.4, 0.5) is 0 Å². The van der Waals surface area contributed by atoms with E-state index in [2.05, 4.69) is 41.9 Å². The van der Waals surface area contributed by atoms with Crippen LogP contribution in [0.15, 0.2) is 18.2 Å². The fourth-order valence-electron chi connectivity index (χ4n) is 4.58. The highest BCUT2D eigenvalue weighted by atomic mass is 16.3. The summed E-state index contributed by atoms with van der Waals surface area (Å²) in [6.45, 7) is 7.03. The zero-order valence-electron chi connectivity index (χ0n) is 12.9. The Bertz CT molecular complexity index is 690. The minimum Gasteiger partial charge on any atom is -0.396 e. The summed E-state index contributed by atoms with van der Waals surface area (Å²) < 4.78 is 0. The molecule has 2 aromatic rings. The van der Waals surface area contributed by atoms with Crippen LogP contribution in [0, 0.1) is 12.8 Å². The lowest BCUT2D eigenvalue weighted by molar-refractivity contribution is -0.0303. The van der Waals surface area contributed by atoms with Gasteiger partial charge >= 0.3 is 0 Å². The highest BCUT2D eigenvalue weighted by molar-refractivity contribution is 5.86. The molecule has 0 saturated carbocycles. The first kappa shape index (κ1) is 13.4. The van der Waals surface area contributed by atoms with E-state index in [1.165, 1.54) is 34.1 Å². The van der Waals surface area contributed by atoms with E-state index in [9.17, 15) is 5.11 Å². The van der Waals surface area contributed by atoms with E-state index in [4.69, 9.17) is 0 Å². The predicted molar refractivity (Wildman–Crippen MR) is 85.5 cm³/mol. The molecule has 2 atom stereocenters. The summed E-state index contributed by atoms with van der Waals surface area (Å²) in [5.41, 5.74) is 5.36. The SMILES string of the molecule is Cc1ccc2[nH]c3c(c2c1)CCN1CCCC(CO)C31C. The van der Waals surface area contributed by atoms with Crippen LogP contribution in [-0.4, -0.2) is 34.7 Å². The molecule has 2 N–H and O–H groups in total. The number of nitrogens with zero attached hydrogens (tertiary/aromatic N) is 1. The first-order valence-corrected chi connectivity index (χ1v) is 8.12. The molecular formula is C18H24N2O. The molecule has 3 heterocycles. The van der Waals surface area contributed by atoms with E-state index in [-0.39, 0.29) is 12.1 Å². The number of aromatic amines is 1. The summed E-state index contributed by atoms with van der Waals surface area (Å²) >= 11 is 0. The summed E-state index contributed by atoms with van der Waals surface area (Å²) in [6, 6.07) is 6.68. The van der Waals surface area contributed by atoms with Crippen molar-refractivity contribution in [2.75, 3.05) is 19.7 Å². The number of piperidine rings is 1. The van der Waals surface area contributed by atoms with Gasteiger partial charge in [0.1, 0.15) is 0 Å². The number of hydrogen-bond acceptors (Lipinski definition) is 2. The van der Waals surface area contributed by atoms with Gasteiger partial charge in [-0.3, -0.25) is 4.90 Å². The van der Waals surface area contributed by atoms with Crippen LogP contribution in [0.2, 0.25) is 0 Å². The molecule has 1 fully saturated rings. The Morgan fingerprint density at radius 3 is 3.05 bits per heavy atom. The highest BCUT2D eigenvalue weighted by Crippen LogP contribution is 2.47. The monoisotopic (exact) mass is 284 g/mol. The first-order chi connectivity index (χ1) is 10.1. The van der Waals surface area contributed by atoms with Crippen LogP contribution in [0.5, 0.6) is 0 Å². The van der Waals surface area contributed by atoms with Crippen molar-refractivity contribution in [2.24, 2.45) is 5.92 Å². The molecule has 2 aliphatic rings. The zero-order valence-corrected chi connectivity index (χ0v) is 12.9. The summed E-state index contributed by atoms with van der Waals surface area (Å²) in [5, 5.41) is 11.3. The van der Waals surface area contributed by atoms with Gasteiger partial charge in [0.2, 0.25) is 0 Å². The molecule has 1 aromatic carbocycles. The van der Waals surface area contributed by atoms with E-state index >= 15 is 0 Å². The quantitative estimate of drug-likeness (QED) is 0.845. The van der Waals surface area contributed by atoms with Gasteiger partial charge in [0.25, 0.3) is 0 Å². The molecule has 2 aliphatic heterocycles. The molecular weight excluding hydrogens is 260 g/mol. The lowest BCUT2D eigenvalue weighted by atomic mass is 9.72. The van der Waals surface area contributed by atoms with Crippen molar-refractivity contribution in [1.82, 2.24) is 9.88 Å². The number of aliphatic hydroxyl groups is 1. The van der Waals surface area contributed by atoms with Crippen LogP contribution in [0.3, 0.4) is 0 Å². The molecule has 3 nitrogen and oxygen atoms in total. The third-order valence-corrected chi connectivity index (χ3v) is 5.85. The number of aromatic nitrogens is 1. The lowest BCUT2D eigenvalue weighted by Crippen LogP contribution is -2.57. The highest BCUT2D eigenvalue weighted by Gasteiger charge is 2.47. The third kappa shape index (κ3) is 1.74. The number of hydrogen-bond donors (Lipinski definition) is 2. The minimum absolute atomic E-state index is 0.0342. The maximum atomic E-state index is 9.90. The molecule has 1 aromatic heterocycles. The fourth-order valence-corrected chi connectivity index (χ4v) is 4.58. The molecule has 3 heteroatoms. The van der Waals surface area contributed by atoms with E-state index < -0.39 is 0 Å². The molecule has 4 rings (SSSR count). The summed E-state index contributed by atoms with van der Waals surface area (Å²) in [7, 11) is 0. The van der Waals surface area contributed by atoms with Crippen molar-refractivity contribution in [2.45, 2.75) is 38.6 Å². The van der Waals surface area contributed by atoms with Gasteiger partial charge in [-0.05, 0) is 57.4 Å². The van der Waals surface area contributed by atoms with Gasteiger partial charge in [0, 0.05) is 35.7 Å². The van der Waals surface area contributed by atoms with E-state index in [1.54, 1.807) is 0 Å². The lowest BCUT2D eigenvalue weighted by Gasteiger charge is -2.52. The molecule has 0 amide bonds. The van der Waals surface area contributed by atoms with Crippen molar-refractivity contribution < 1.29 is 5.11 Å². The van der Waals surface area contributed by atoms with Crippen molar-refractivity contribution in [3.63, 3.8) is 0 Å². The van der Waals surface area contributed by atoms with Crippen LogP contribution >= 0.6 is 0 Å². The summed E-state index contributed by atoms with van der Waals surface area (Å²) in [4.78, 5) is 6.28. The zero-order chi connectivity index (χ0) is 14.6. The van der Waals surface area contributed by atoms with Crippen molar-refractivity contribution >= 4 is 10.9 Å². The van der Waals surface area contributed by atoms with Gasteiger partial charge in [0.05, 0.1) is 5.54 Å². The largest absolute Gasteiger partial charge is 0.396 e. The van der Waals surface area contributed by atoms with Crippen LogP contribution in [0.25, 0.3) is 10.9 Å². The Morgan fingerprint density at radius 2 is 2.24 bits per heavy atom. The standard InChI is InChI=1S/C18H24N2O/c1-12-5-6-16-15(10-12)14-7-9-20-8-3-4-13(11-21)18(20,2)17(14)19-16/h5-6,10,13,19,21H,3-4,7-9,11H2,1-2H3. The molecule has 0 spiro atoms. The number of fused-ring (bicyclic) bond motifs is 5. The second kappa shape index (κ2) is 4.59. The number of benzene rings is 1. The average molecular weight is 284 g/mol. The summed E-state index contributed by atoms with van der Waals surface area (Å²) in [5.74, 6) is 0.333. The van der Waals surface area contributed by atoms with Crippen molar-refractivity contribution in [3.8, 4) is 0 Å². The number of nitrogens with one attached hydrogen (secondary N) is 1. The Hall–Kier alpha value is -1.32. The normalized spacial score (nSPS) is 29.4. The number of rotatable bonds is 1. The molecule has 0 aliphatic carbocycles. The second-order valence-corrected chi connectivity index (χ2v) is 6.93. The topological polar surface area (TPSA) is 39.3 Å². The van der Waals surface area contributed by atoms with Crippen LogP contribution in [0.1, 0.15) is 36.6 Å². The van der Waals surface area contributed by atoms with Gasteiger partial charge < -0.3 is 10.1 Å². The fraction of sp³-hybridized carbons (Fsp3) is 0.556. The Balaban J connectivity index is 1.95. The number of aryl methyl sites for hydroxylation is 1. The molecule has 0 bridgehead atoms. The predicted octanol–water partition coefficient (Wildman–Crippen LogP) is 2.95. The smallest absolute Gasteiger partial charge is 0.0636 e. The van der Waals surface area contributed by atoms with E-state index in [0.29, 0.717) is 5.92 Å². The Morgan fingerprint density at radius 1 is 1.38 bits per heavy atom. The maximum absolute atomic E-state index is 9.90. The van der Waals surface area contributed by atoms with Gasteiger partial charge in [-0.25, -0.2) is 0 Å². The minimum atomic E-state index is -0.0342. The maximum Gasteiger partial charge on any atom is 0.0636 e. The van der Waals surface area contributed by atoms with E-state index in [0.717, 1.165) is 25.9 Å². The van der Waals surface area contributed by atoms with E-state index in [1.807, 2.05) is 0 Å². The van der Waals surface area contributed by atoms with Gasteiger partial charge in [-0.2, -0.15) is 0 Å². The first-order valence-electron chi connectivity index (χ1n) is 8.12. The molecule has 2 unspecified atom stereocenters. The summed E-state index contributed by atoms with van der Waals surface area (Å²) in [6.07, 6.45) is 3.44. The van der Waals surface area contributed by atoms with Gasteiger partial charge in [-0.1, -0.05) is 11.6 Å². The Labute approximate surface area is 126 Å². The third-order valence-electron chi connectivity index (χ3n) is 5.85. The molecule has 1 saturated heterocycles. The van der Waals surface area contributed by atoms with Crippen LogP contribution in [-0.2, 0) is 12.0 Å². The second-order valence-electron chi connectivity index (χ2n) is 6.93. The number of H-pyrrole nitrogens is 1. The molecule has 0 radical (unpaired) electrons. The Kier molecular flexibility index (Phi) is 2.92. The average Bonchev–Trinajstić information content (AvgIpc) is 2.85. The van der Waals surface area contributed by atoms with Crippen LogP contribution < -0.4 is 0 Å². The van der Waals surface area contributed by atoms with Crippen molar-refractivity contribution in [1.29, 1.82) is 0 Å². The van der Waals surface area contributed by atoms with Crippen molar-refractivity contribution in [3.05, 3.63) is 35.0 Å². The molecule has 21 heavy (non-hydrogen) atoms. The molecule has 112 valence electrons. The van der Waals surface area contributed by atoms with Gasteiger partial charge in [0.15, 0.2) is 0 Å². The van der Waals surface area contributed by atoms with Gasteiger partial charge in [-0.15, -0.1) is 0 Å². The number of aliphatic hydroxyl groups excluding tert-OH is 1.